The number of hydrogen-bond acceptors (Lipinski definition) is 4. The molecule has 0 radical (unpaired) electrons. The Kier molecular flexibility index (Phi) is 40.4. The molecule has 4 rings (SSSR count). The Hall–Kier alpha value is -3.44. The third kappa shape index (κ3) is 33.6. The zero-order chi connectivity index (χ0) is 54.5. The molecule has 0 bridgehead atoms. The van der Waals surface area contributed by atoms with Gasteiger partial charge in [0.05, 0.1) is 133 Å². The van der Waals surface area contributed by atoms with E-state index in [1.165, 1.54) is 133 Å². The molecule has 0 aliphatic carbocycles. The summed E-state index contributed by atoms with van der Waals surface area (Å²) in [4.78, 5) is 0. The predicted molar refractivity (Wildman–Crippen MR) is 320 cm³/mol. The summed E-state index contributed by atoms with van der Waals surface area (Å²) in [7, 11) is 6.54. The fraction of sp³-hybridized carbons (Fsp3) is 0.636. The molecule has 420 valence electrons. The van der Waals surface area contributed by atoms with Gasteiger partial charge in [0.2, 0.25) is 0 Å². The van der Waals surface area contributed by atoms with Crippen LogP contribution in [0.4, 0.5) is 0 Å². The number of rotatable bonds is 38. The number of nitrogens with zero attached hydrogens (tertiary/aromatic N) is 4. The zero-order valence-corrected chi connectivity index (χ0v) is 50.2. The van der Waals surface area contributed by atoms with Crippen LogP contribution in [0.5, 0.6) is 0 Å². The second-order valence-corrected chi connectivity index (χ2v) is 21.4. The number of unbranched alkanes of at least 4 members (excludes halogenated alkanes) is 1. The quantitative estimate of drug-likeness (QED) is 0.0331. The van der Waals surface area contributed by atoms with E-state index in [2.05, 4.69) is 199 Å². The molecule has 74 heavy (non-hydrogen) atoms. The molecule has 1 atom stereocenters. The predicted octanol–water partition coefficient (Wildman–Crippen LogP) is 13.3. The number of likely N-dealkylation sites (N-methyl/N-ethyl adjacent to an activating group) is 4. The molecule has 8 heteroatoms. The zero-order valence-electron chi connectivity index (χ0n) is 50.2. The van der Waals surface area contributed by atoms with Gasteiger partial charge in [-0.1, -0.05) is 155 Å². The Morgan fingerprint density at radius 1 is 0.270 bits per heavy atom. The van der Waals surface area contributed by atoms with Crippen molar-refractivity contribution in [3.8, 4) is 0 Å². The molecule has 0 saturated heterocycles. The summed E-state index contributed by atoms with van der Waals surface area (Å²) in [6.45, 7) is 43.2. The summed E-state index contributed by atoms with van der Waals surface area (Å²) < 4.78 is 27.7. The smallest absolute Gasteiger partial charge is 0.102 e. The molecule has 0 N–H and O–H groups in total. The Balaban J connectivity index is 0.000000497. The van der Waals surface area contributed by atoms with Crippen molar-refractivity contribution in [3.05, 3.63) is 144 Å². The lowest BCUT2D eigenvalue weighted by atomic mass is 10.2. The number of ether oxygens (including phenoxy) is 4. The highest BCUT2D eigenvalue weighted by Gasteiger charge is 2.24. The first kappa shape index (κ1) is 68.6. The third-order valence-electron chi connectivity index (χ3n) is 15.0. The van der Waals surface area contributed by atoms with Gasteiger partial charge in [0.25, 0.3) is 0 Å². The fourth-order valence-corrected chi connectivity index (χ4v) is 9.54. The molecule has 0 aliphatic rings. The van der Waals surface area contributed by atoms with Crippen molar-refractivity contribution in [2.75, 3.05) is 159 Å². The Labute approximate surface area is 457 Å². The summed E-state index contributed by atoms with van der Waals surface area (Å²) in [6.07, 6.45) is 10.5. The minimum absolute atomic E-state index is 0.823. The molecular weight excluding hydrogens is 913 g/mol. The first-order valence-corrected chi connectivity index (χ1v) is 29.7. The van der Waals surface area contributed by atoms with Crippen LogP contribution in [0.15, 0.2) is 121 Å². The molecule has 4 aromatic carbocycles. The first-order valence-electron chi connectivity index (χ1n) is 29.7. The van der Waals surface area contributed by atoms with Gasteiger partial charge in [-0.2, -0.15) is 0 Å². The van der Waals surface area contributed by atoms with Crippen LogP contribution in [0.1, 0.15) is 117 Å². The maximum absolute atomic E-state index is 5.91. The largest absolute Gasteiger partial charge is 0.375 e. The topological polar surface area (TPSA) is 36.9 Å². The van der Waals surface area contributed by atoms with Gasteiger partial charge in [-0.15, -0.1) is 0 Å². The van der Waals surface area contributed by atoms with Gasteiger partial charge < -0.3 is 36.9 Å². The van der Waals surface area contributed by atoms with Crippen molar-refractivity contribution in [2.45, 2.75) is 120 Å². The number of quaternary nitrogens is 4. The van der Waals surface area contributed by atoms with Gasteiger partial charge in [0, 0.05) is 0 Å². The summed E-state index contributed by atoms with van der Waals surface area (Å²) in [5.74, 6) is 0. The molecule has 4 aromatic rings. The first-order chi connectivity index (χ1) is 35.9. The van der Waals surface area contributed by atoms with Gasteiger partial charge >= 0.3 is 0 Å². The van der Waals surface area contributed by atoms with Crippen molar-refractivity contribution < 1.29 is 36.9 Å². The average molecular weight is 1030 g/mol. The van der Waals surface area contributed by atoms with E-state index in [0.29, 0.717) is 0 Å². The molecule has 8 nitrogen and oxygen atoms in total. The minimum Gasteiger partial charge on any atom is -0.375 e. The van der Waals surface area contributed by atoms with Gasteiger partial charge in [-0.05, 0) is 108 Å². The van der Waals surface area contributed by atoms with Crippen molar-refractivity contribution in [1.29, 1.82) is 0 Å². The Morgan fingerprint density at radius 3 is 0.770 bits per heavy atom. The second-order valence-electron chi connectivity index (χ2n) is 21.4. The van der Waals surface area contributed by atoms with Gasteiger partial charge in [0.1, 0.15) is 26.2 Å². The lowest BCUT2D eigenvalue weighted by molar-refractivity contribution is -0.927. The highest BCUT2D eigenvalue weighted by atomic mass is 16.5. The van der Waals surface area contributed by atoms with E-state index >= 15 is 0 Å². The SMILES string of the molecule is CCCC[N+](CC)(CCC)CCOCCc1ccccc1.CCC[N+](CC)(CCC)CCOCCc1ccccc1.CC[N+](CC)(CC)CCOCCc1ccccc1.C[N+](C)(C)CCOCCc1ccccc1. The summed E-state index contributed by atoms with van der Waals surface area (Å²) >= 11 is 0. The molecule has 0 spiro atoms. The van der Waals surface area contributed by atoms with Crippen molar-refractivity contribution in [3.63, 3.8) is 0 Å². The van der Waals surface area contributed by atoms with Crippen molar-refractivity contribution >= 4 is 0 Å². The van der Waals surface area contributed by atoms with Crippen LogP contribution >= 0.6 is 0 Å². The summed E-state index contributed by atoms with van der Waals surface area (Å²) in [5, 5.41) is 0. The standard InChI is InChI=1S/C19H34NO.C18H32NO.C16H28NO.C13H22NO/c1-4-7-15-20(6-3,14-5-2)16-18-21-17-13-19-11-9-8-10-12-19;1-4-13-19(6-3,14-5-2)15-17-20-16-12-18-10-8-7-9-11-18;1-4-17(5-2,6-3)13-15-18-14-12-16-10-8-7-9-11-16;1-14(2,3)10-12-15-11-9-13-7-5-4-6-8-13/h8-12H,4-7,13-18H2,1-3H3;7-11H,4-6,12-17H2,1-3H3;7-11H,4-6,12-15H2,1-3H3;4-8H,9-12H2,1-3H3/q4*+1. The van der Waals surface area contributed by atoms with Crippen molar-refractivity contribution in [2.24, 2.45) is 0 Å². The van der Waals surface area contributed by atoms with Crippen LogP contribution in [-0.2, 0) is 44.6 Å². The van der Waals surface area contributed by atoms with Crippen molar-refractivity contribution in [1.82, 2.24) is 0 Å². The summed E-state index contributed by atoms with van der Waals surface area (Å²) in [5.41, 5.74) is 5.45. The lowest BCUT2D eigenvalue weighted by Crippen LogP contribution is -2.51. The average Bonchev–Trinajstić information content (AvgIpc) is 3.42. The Morgan fingerprint density at radius 2 is 0.527 bits per heavy atom. The second kappa shape index (κ2) is 43.6. The fourth-order valence-electron chi connectivity index (χ4n) is 9.54. The molecule has 0 aliphatic heterocycles. The van der Waals surface area contributed by atoms with Gasteiger partial charge in [-0.25, -0.2) is 0 Å². The normalized spacial score (nSPS) is 12.4. The lowest BCUT2D eigenvalue weighted by Gasteiger charge is -2.37. The molecule has 0 amide bonds. The van der Waals surface area contributed by atoms with E-state index in [0.717, 1.165) is 103 Å². The maximum atomic E-state index is 5.91. The summed E-state index contributed by atoms with van der Waals surface area (Å²) in [6, 6.07) is 42.2. The van der Waals surface area contributed by atoms with Crippen LogP contribution in [0.2, 0.25) is 0 Å². The van der Waals surface area contributed by atoms with Gasteiger partial charge in [0.15, 0.2) is 0 Å². The van der Waals surface area contributed by atoms with Crippen LogP contribution < -0.4 is 0 Å². The molecule has 0 aromatic heterocycles. The van der Waals surface area contributed by atoms with E-state index < -0.39 is 0 Å². The van der Waals surface area contributed by atoms with Crippen LogP contribution in [0, 0.1) is 0 Å². The van der Waals surface area contributed by atoms with E-state index in [1.807, 2.05) is 6.07 Å². The molecule has 0 fully saturated rings. The monoisotopic (exact) mass is 1030 g/mol. The molecular formula is C66H116N4O4+4. The number of benzene rings is 4. The third-order valence-corrected chi connectivity index (χ3v) is 15.0. The highest BCUT2D eigenvalue weighted by Crippen LogP contribution is 2.13. The maximum Gasteiger partial charge on any atom is 0.102 e. The molecule has 0 heterocycles. The van der Waals surface area contributed by atoms with Crippen LogP contribution in [0.3, 0.4) is 0 Å². The minimum atomic E-state index is 0.823. The van der Waals surface area contributed by atoms with Gasteiger partial charge in [-0.3, -0.25) is 0 Å². The Bertz CT molecular complexity index is 1780. The molecule has 1 unspecified atom stereocenters. The highest BCUT2D eigenvalue weighted by molar-refractivity contribution is 5.16. The molecule has 0 saturated carbocycles. The van der Waals surface area contributed by atoms with E-state index in [-0.39, 0.29) is 0 Å². The van der Waals surface area contributed by atoms with E-state index in [1.54, 1.807) is 0 Å². The van der Waals surface area contributed by atoms with E-state index in [4.69, 9.17) is 18.9 Å². The van der Waals surface area contributed by atoms with Crippen LogP contribution in [0.25, 0.3) is 0 Å². The van der Waals surface area contributed by atoms with Crippen LogP contribution in [-0.4, -0.2) is 177 Å². The van der Waals surface area contributed by atoms with E-state index in [9.17, 15) is 0 Å². The number of hydrogen-bond donors (Lipinski definition) is 0.